The SMILES string of the molecule is O=C1CCc2cccc(N3CCN(CCCCOc4ccc5ccc(=O)[nH]c5n4)CC3)c21. The molecule has 0 saturated carbocycles. The molecule has 166 valence electrons. The van der Waals surface area contributed by atoms with E-state index in [9.17, 15) is 9.59 Å². The summed E-state index contributed by atoms with van der Waals surface area (Å²) < 4.78 is 5.78. The zero-order valence-corrected chi connectivity index (χ0v) is 18.2. The van der Waals surface area contributed by atoms with E-state index in [1.807, 2.05) is 12.1 Å². The smallest absolute Gasteiger partial charge is 0.249 e. The molecular weight excluding hydrogens is 404 g/mol. The number of rotatable bonds is 7. The maximum atomic E-state index is 12.3. The molecule has 2 aliphatic rings. The van der Waals surface area contributed by atoms with E-state index in [0.717, 1.165) is 68.6 Å². The van der Waals surface area contributed by atoms with Crippen molar-refractivity contribution < 1.29 is 9.53 Å². The Labute approximate surface area is 187 Å². The summed E-state index contributed by atoms with van der Waals surface area (Å²) in [6.07, 6.45) is 3.55. The van der Waals surface area contributed by atoms with E-state index in [2.05, 4.69) is 38.0 Å². The Morgan fingerprint density at radius 1 is 0.938 bits per heavy atom. The topological polar surface area (TPSA) is 78.5 Å². The average molecular weight is 433 g/mol. The van der Waals surface area contributed by atoms with Crippen molar-refractivity contribution in [3.63, 3.8) is 0 Å². The van der Waals surface area contributed by atoms with Crippen LogP contribution in [0.2, 0.25) is 0 Å². The van der Waals surface area contributed by atoms with Gasteiger partial charge in [0.25, 0.3) is 0 Å². The Morgan fingerprint density at radius 3 is 2.66 bits per heavy atom. The van der Waals surface area contributed by atoms with Crippen LogP contribution >= 0.6 is 0 Å². The summed E-state index contributed by atoms with van der Waals surface area (Å²) in [5, 5.41) is 0.890. The van der Waals surface area contributed by atoms with Gasteiger partial charge in [0, 0.05) is 61.4 Å². The number of aryl methyl sites for hydroxylation is 1. The largest absolute Gasteiger partial charge is 0.478 e. The zero-order chi connectivity index (χ0) is 21.9. The first-order valence-electron chi connectivity index (χ1n) is 11.4. The van der Waals surface area contributed by atoms with Gasteiger partial charge >= 0.3 is 0 Å². The second-order valence-electron chi connectivity index (χ2n) is 8.53. The molecule has 1 N–H and O–H groups in total. The van der Waals surface area contributed by atoms with E-state index in [1.165, 1.54) is 11.6 Å². The number of nitrogens with one attached hydrogen (secondary N) is 1. The summed E-state index contributed by atoms with van der Waals surface area (Å²) >= 11 is 0. The van der Waals surface area contributed by atoms with Gasteiger partial charge in [-0.25, -0.2) is 0 Å². The number of H-pyrrole nitrogens is 1. The second-order valence-corrected chi connectivity index (χ2v) is 8.53. The predicted molar refractivity (Wildman–Crippen MR) is 125 cm³/mol. The van der Waals surface area contributed by atoms with Crippen molar-refractivity contribution >= 4 is 22.5 Å². The lowest BCUT2D eigenvalue weighted by molar-refractivity contribution is 0.0995. The van der Waals surface area contributed by atoms with Crippen molar-refractivity contribution in [2.45, 2.75) is 25.7 Å². The molecule has 7 nitrogen and oxygen atoms in total. The molecule has 7 heteroatoms. The lowest BCUT2D eigenvalue weighted by atomic mass is 10.1. The third-order valence-corrected chi connectivity index (χ3v) is 6.42. The van der Waals surface area contributed by atoms with Crippen molar-refractivity contribution in [2.75, 3.05) is 44.2 Å². The molecule has 0 bridgehead atoms. The van der Waals surface area contributed by atoms with Crippen LogP contribution < -0.4 is 15.2 Å². The first kappa shape index (κ1) is 20.7. The molecule has 1 aromatic carbocycles. The monoisotopic (exact) mass is 432 g/mol. The molecule has 0 radical (unpaired) electrons. The maximum Gasteiger partial charge on any atom is 0.249 e. The number of ketones is 1. The van der Waals surface area contributed by atoms with Crippen LogP contribution in [0.4, 0.5) is 5.69 Å². The van der Waals surface area contributed by atoms with Gasteiger partial charge in [0.05, 0.1) is 6.61 Å². The van der Waals surface area contributed by atoms with Gasteiger partial charge in [0.2, 0.25) is 11.4 Å². The molecule has 5 rings (SSSR count). The fraction of sp³-hybridized carbons (Fsp3) is 0.400. The number of Topliss-reactive ketones (excluding diaryl/α,β-unsaturated/α-hetero) is 1. The average Bonchev–Trinajstić information content (AvgIpc) is 3.20. The molecule has 2 aromatic heterocycles. The number of piperazine rings is 1. The summed E-state index contributed by atoms with van der Waals surface area (Å²) in [6, 6.07) is 13.3. The highest BCUT2D eigenvalue weighted by molar-refractivity contribution is 6.05. The van der Waals surface area contributed by atoms with Gasteiger partial charge in [0.1, 0.15) is 5.65 Å². The maximum absolute atomic E-state index is 12.3. The zero-order valence-electron chi connectivity index (χ0n) is 18.2. The van der Waals surface area contributed by atoms with Crippen LogP contribution in [-0.4, -0.2) is 60.0 Å². The first-order chi connectivity index (χ1) is 15.7. The minimum absolute atomic E-state index is 0.162. The molecule has 1 aliphatic heterocycles. The molecule has 0 spiro atoms. The van der Waals surface area contributed by atoms with Crippen molar-refractivity contribution in [1.82, 2.24) is 14.9 Å². The van der Waals surface area contributed by atoms with E-state index in [4.69, 9.17) is 4.74 Å². The highest BCUT2D eigenvalue weighted by Crippen LogP contribution is 2.31. The molecule has 3 aromatic rings. The first-order valence-corrected chi connectivity index (χ1v) is 11.4. The highest BCUT2D eigenvalue weighted by atomic mass is 16.5. The standard InChI is InChI=1S/C25H28N4O3/c30-21-9-6-18-4-3-5-20(24(18)21)29-15-13-28(14-16-29)12-1-2-17-32-23-11-8-19-7-10-22(31)26-25(19)27-23/h3-5,7-8,10-11H,1-2,6,9,12-17H2,(H,26,27,31). The number of carbonyl (C=O) groups excluding carboxylic acids is 1. The summed E-state index contributed by atoms with van der Waals surface area (Å²) in [5.74, 6) is 0.836. The van der Waals surface area contributed by atoms with Crippen LogP contribution in [0, 0.1) is 0 Å². The molecular formula is C25H28N4O3. The fourth-order valence-electron chi connectivity index (χ4n) is 4.67. The molecule has 1 saturated heterocycles. The van der Waals surface area contributed by atoms with Crippen LogP contribution in [0.25, 0.3) is 11.0 Å². The number of anilines is 1. The molecule has 3 heterocycles. The molecule has 0 unspecified atom stereocenters. The third-order valence-electron chi connectivity index (χ3n) is 6.42. The van der Waals surface area contributed by atoms with E-state index in [-0.39, 0.29) is 5.56 Å². The lowest BCUT2D eigenvalue weighted by Crippen LogP contribution is -2.47. The van der Waals surface area contributed by atoms with E-state index in [0.29, 0.717) is 30.3 Å². The van der Waals surface area contributed by atoms with Gasteiger partial charge in [-0.2, -0.15) is 4.98 Å². The number of ether oxygens (including phenoxy) is 1. The quantitative estimate of drug-likeness (QED) is 0.578. The molecule has 0 atom stereocenters. The number of fused-ring (bicyclic) bond motifs is 2. The van der Waals surface area contributed by atoms with Crippen LogP contribution in [0.15, 0.2) is 47.3 Å². The Morgan fingerprint density at radius 2 is 1.78 bits per heavy atom. The third kappa shape index (κ3) is 4.39. The Kier molecular flexibility index (Phi) is 5.90. The number of benzene rings is 1. The number of hydrogen-bond donors (Lipinski definition) is 1. The number of nitrogens with zero attached hydrogens (tertiary/aromatic N) is 3. The number of aromatic nitrogens is 2. The van der Waals surface area contributed by atoms with Crippen LogP contribution in [0.1, 0.15) is 35.2 Å². The van der Waals surface area contributed by atoms with Gasteiger partial charge in [-0.1, -0.05) is 12.1 Å². The highest BCUT2D eigenvalue weighted by Gasteiger charge is 2.26. The number of aromatic amines is 1. The Balaban J connectivity index is 1.06. The second kappa shape index (κ2) is 9.12. The predicted octanol–water partition coefficient (Wildman–Crippen LogP) is 3.03. The van der Waals surface area contributed by atoms with E-state index in [1.54, 1.807) is 6.07 Å². The van der Waals surface area contributed by atoms with Crippen LogP contribution in [0.5, 0.6) is 5.88 Å². The van der Waals surface area contributed by atoms with Gasteiger partial charge in [0.15, 0.2) is 5.78 Å². The van der Waals surface area contributed by atoms with Crippen molar-refractivity contribution in [3.05, 3.63) is 63.9 Å². The minimum atomic E-state index is -0.162. The summed E-state index contributed by atoms with van der Waals surface area (Å²) in [7, 11) is 0. The van der Waals surface area contributed by atoms with E-state index < -0.39 is 0 Å². The normalized spacial score (nSPS) is 16.5. The number of pyridine rings is 2. The molecule has 1 aliphatic carbocycles. The van der Waals surface area contributed by atoms with E-state index >= 15 is 0 Å². The summed E-state index contributed by atoms with van der Waals surface area (Å²) in [5.41, 5.74) is 3.69. The van der Waals surface area contributed by atoms with Crippen molar-refractivity contribution in [1.29, 1.82) is 0 Å². The summed E-state index contributed by atoms with van der Waals surface area (Å²) in [4.78, 5) is 35.7. The summed E-state index contributed by atoms with van der Waals surface area (Å²) in [6.45, 7) is 5.59. The lowest BCUT2D eigenvalue weighted by Gasteiger charge is -2.36. The fourth-order valence-corrected chi connectivity index (χ4v) is 4.67. The molecule has 32 heavy (non-hydrogen) atoms. The van der Waals surface area contributed by atoms with Gasteiger partial charge in [-0.15, -0.1) is 0 Å². The Hall–Kier alpha value is -3.19. The molecule has 1 fully saturated rings. The minimum Gasteiger partial charge on any atom is -0.478 e. The molecule has 0 amide bonds. The number of carbonyl (C=O) groups is 1. The Bertz CT molecular complexity index is 1180. The van der Waals surface area contributed by atoms with Gasteiger partial charge in [-0.05, 0) is 49.6 Å². The van der Waals surface area contributed by atoms with Gasteiger partial charge in [-0.3, -0.25) is 14.5 Å². The van der Waals surface area contributed by atoms with Gasteiger partial charge < -0.3 is 14.6 Å². The van der Waals surface area contributed by atoms with Crippen LogP contribution in [0.3, 0.4) is 0 Å². The van der Waals surface area contributed by atoms with Crippen LogP contribution in [-0.2, 0) is 6.42 Å². The van der Waals surface area contributed by atoms with Crippen molar-refractivity contribution in [2.24, 2.45) is 0 Å². The number of unbranched alkanes of at least 4 members (excludes halogenated alkanes) is 1. The number of hydrogen-bond acceptors (Lipinski definition) is 6. The van der Waals surface area contributed by atoms with Crippen molar-refractivity contribution in [3.8, 4) is 5.88 Å².